The molecule has 0 radical (unpaired) electrons. The van der Waals surface area contributed by atoms with Crippen LogP contribution in [0.25, 0.3) is 0 Å². The lowest BCUT2D eigenvalue weighted by molar-refractivity contribution is -0.141. The van der Waals surface area contributed by atoms with Gasteiger partial charge in [0.2, 0.25) is 28.6 Å². The lowest BCUT2D eigenvalue weighted by atomic mass is 9.95. The maximum Gasteiger partial charge on any atom is 0.242 e. The zero-order valence-corrected chi connectivity index (χ0v) is 24.0. The Kier molecular flexibility index (Phi) is 9.61. The molecule has 4 rings (SSSR count). The largest absolute Gasteiger partial charge is 0.454 e. The summed E-state index contributed by atoms with van der Waals surface area (Å²) in [6.07, 6.45) is 6.73. The fourth-order valence-electron chi connectivity index (χ4n) is 4.98. The molecule has 1 N–H and O–H groups in total. The van der Waals surface area contributed by atoms with Crippen LogP contribution in [0.2, 0.25) is 5.02 Å². The first kappa shape index (κ1) is 29.0. The van der Waals surface area contributed by atoms with Crippen molar-refractivity contribution in [3.8, 4) is 11.5 Å². The first-order valence-electron chi connectivity index (χ1n) is 13.3. The molecule has 39 heavy (non-hydrogen) atoms. The van der Waals surface area contributed by atoms with Crippen LogP contribution in [-0.4, -0.2) is 56.8 Å². The third-order valence-electron chi connectivity index (χ3n) is 7.18. The van der Waals surface area contributed by atoms with Crippen molar-refractivity contribution in [1.82, 2.24) is 10.2 Å². The number of ether oxygens (including phenoxy) is 2. The van der Waals surface area contributed by atoms with Crippen LogP contribution in [0, 0.1) is 0 Å². The van der Waals surface area contributed by atoms with E-state index in [-0.39, 0.29) is 50.6 Å². The molecule has 0 spiro atoms. The number of halogens is 1. The summed E-state index contributed by atoms with van der Waals surface area (Å²) in [6.45, 7) is 2.17. The molecule has 2 aliphatic rings. The zero-order valence-electron chi connectivity index (χ0n) is 22.4. The Bertz CT molecular complexity index is 1260. The molecule has 0 aromatic heterocycles. The number of rotatable bonds is 11. The SMILES string of the molecule is C[C@@H](C(=O)NC1CCCCC1)N(Cc1ccc(Cl)cc1)C(=O)CCCN(c1ccc2c(c1)OCO2)S(C)(=O)=O. The van der Waals surface area contributed by atoms with Gasteiger partial charge in [0.1, 0.15) is 6.04 Å². The van der Waals surface area contributed by atoms with Crippen LogP contribution >= 0.6 is 11.6 Å². The predicted octanol–water partition coefficient (Wildman–Crippen LogP) is 4.48. The second kappa shape index (κ2) is 12.9. The summed E-state index contributed by atoms with van der Waals surface area (Å²) in [4.78, 5) is 28.2. The molecule has 9 nitrogen and oxygen atoms in total. The molecule has 11 heteroatoms. The molecule has 2 amide bonds. The monoisotopic (exact) mass is 577 g/mol. The maximum absolute atomic E-state index is 13.5. The highest BCUT2D eigenvalue weighted by Crippen LogP contribution is 2.36. The number of hydrogen-bond acceptors (Lipinski definition) is 6. The number of carbonyl (C=O) groups is 2. The van der Waals surface area contributed by atoms with Gasteiger partial charge in [0.15, 0.2) is 11.5 Å². The number of nitrogens with zero attached hydrogens (tertiary/aromatic N) is 2. The van der Waals surface area contributed by atoms with Gasteiger partial charge < -0.3 is 19.7 Å². The first-order valence-corrected chi connectivity index (χ1v) is 15.6. The quantitative estimate of drug-likeness (QED) is 0.422. The molecule has 1 aliphatic carbocycles. The van der Waals surface area contributed by atoms with Crippen LogP contribution in [0.15, 0.2) is 42.5 Å². The smallest absolute Gasteiger partial charge is 0.242 e. The lowest BCUT2D eigenvalue weighted by Crippen LogP contribution is -2.50. The second-order valence-corrected chi connectivity index (χ2v) is 12.5. The number of sulfonamides is 1. The number of nitrogens with one attached hydrogen (secondary N) is 1. The fraction of sp³-hybridized carbons (Fsp3) is 0.500. The first-order chi connectivity index (χ1) is 18.6. The second-order valence-electron chi connectivity index (χ2n) is 10.1. The average Bonchev–Trinajstić information content (AvgIpc) is 3.38. The molecule has 1 saturated carbocycles. The van der Waals surface area contributed by atoms with Gasteiger partial charge in [0.05, 0.1) is 11.9 Å². The van der Waals surface area contributed by atoms with Crippen molar-refractivity contribution >= 4 is 39.1 Å². The van der Waals surface area contributed by atoms with Crippen molar-refractivity contribution in [3.63, 3.8) is 0 Å². The van der Waals surface area contributed by atoms with Gasteiger partial charge in [-0.1, -0.05) is 43.0 Å². The molecule has 2 aromatic carbocycles. The molecule has 0 unspecified atom stereocenters. The standard InChI is InChI=1S/C28H36ClN3O6S/c1-20(28(34)30-23-7-4-3-5-8-23)31(18-21-10-12-22(29)13-11-21)27(33)9-6-16-32(39(2,35)36)24-14-15-25-26(17-24)38-19-37-25/h10-15,17,20,23H,3-9,16,18-19H2,1-2H3,(H,30,34)/t20-/m0/s1. The van der Waals surface area contributed by atoms with E-state index in [9.17, 15) is 18.0 Å². The van der Waals surface area contributed by atoms with E-state index in [1.807, 2.05) is 12.1 Å². The fourth-order valence-corrected chi connectivity index (χ4v) is 6.07. The summed E-state index contributed by atoms with van der Waals surface area (Å²) < 4.78 is 37.2. The minimum Gasteiger partial charge on any atom is -0.454 e. The highest BCUT2D eigenvalue weighted by Gasteiger charge is 2.29. The van der Waals surface area contributed by atoms with Crippen LogP contribution in [0.5, 0.6) is 11.5 Å². The van der Waals surface area contributed by atoms with E-state index in [0.717, 1.165) is 37.5 Å². The zero-order chi connectivity index (χ0) is 28.0. The molecule has 0 bridgehead atoms. The molecule has 1 atom stereocenters. The Morgan fingerprint density at radius 3 is 2.44 bits per heavy atom. The Balaban J connectivity index is 1.44. The summed E-state index contributed by atoms with van der Waals surface area (Å²) in [6, 6.07) is 11.6. The third kappa shape index (κ3) is 7.79. The molecule has 212 valence electrons. The minimum atomic E-state index is -3.62. The van der Waals surface area contributed by atoms with Crippen LogP contribution in [0.1, 0.15) is 57.4 Å². The van der Waals surface area contributed by atoms with E-state index >= 15 is 0 Å². The molecule has 1 heterocycles. The number of carbonyl (C=O) groups excluding carboxylic acids is 2. The van der Waals surface area contributed by atoms with Gasteiger partial charge in [0.25, 0.3) is 0 Å². The van der Waals surface area contributed by atoms with E-state index in [4.69, 9.17) is 21.1 Å². The summed E-state index contributed by atoms with van der Waals surface area (Å²) in [5, 5.41) is 3.71. The number of hydrogen-bond donors (Lipinski definition) is 1. The summed E-state index contributed by atoms with van der Waals surface area (Å²) >= 11 is 6.04. The topological polar surface area (TPSA) is 105 Å². The summed E-state index contributed by atoms with van der Waals surface area (Å²) in [5.74, 6) is 0.627. The number of fused-ring (bicyclic) bond motifs is 1. The Hall–Kier alpha value is -2.98. The van der Waals surface area contributed by atoms with Crippen molar-refractivity contribution in [2.45, 2.75) is 70.5 Å². The molecular weight excluding hydrogens is 542 g/mol. The molecule has 1 fully saturated rings. The van der Waals surface area contributed by atoms with Crippen LogP contribution < -0.4 is 19.1 Å². The molecule has 1 aliphatic heterocycles. The van der Waals surface area contributed by atoms with Crippen LogP contribution in [0.3, 0.4) is 0 Å². The third-order valence-corrected chi connectivity index (χ3v) is 8.63. The van der Waals surface area contributed by atoms with Gasteiger partial charge in [-0.25, -0.2) is 8.42 Å². The van der Waals surface area contributed by atoms with Gasteiger partial charge >= 0.3 is 0 Å². The Morgan fingerprint density at radius 1 is 1.05 bits per heavy atom. The molecular formula is C28H36ClN3O6S. The van der Waals surface area contributed by atoms with Gasteiger partial charge in [-0.2, -0.15) is 0 Å². The van der Waals surface area contributed by atoms with Crippen LogP contribution in [-0.2, 0) is 26.2 Å². The van der Waals surface area contributed by atoms with Crippen LogP contribution in [0.4, 0.5) is 5.69 Å². The summed E-state index contributed by atoms with van der Waals surface area (Å²) in [5.41, 5.74) is 1.29. The van der Waals surface area contributed by atoms with Gasteiger partial charge in [-0.3, -0.25) is 13.9 Å². The van der Waals surface area contributed by atoms with Gasteiger partial charge in [-0.05, 0) is 56.0 Å². The highest BCUT2D eigenvalue weighted by molar-refractivity contribution is 7.92. The van der Waals surface area contributed by atoms with Crippen molar-refractivity contribution < 1.29 is 27.5 Å². The maximum atomic E-state index is 13.5. The molecule has 0 saturated heterocycles. The van der Waals surface area contributed by atoms with E-state index in [1.165, 1.54) is 10.7 Å². The van der Waals surface area contributed by atoms with E-state index in [1.54, 1.807) is 42.2 Å². The van der Waals surface area contributed by atoms with E-state index in [2.05, 4.69) is 5.32 Å². The Morgan fingerprint density at radius 2 is 1.74 bits per heavy atom. The Labute approximate surface area is 235 Å². The summed E-state index contributed by atoms with van der Waals surface area (Å²) in [7, 11) is -3.62. The van der Waals surface area contributed by atoms with Crippen molar-refractivity contribution in [1.29, 1.82) is 0 Å². The number of anilines is 1. The average molecular weight is 578 g/mol. The molecule has 2 aromatic rings. The van der Waals surface area contributed by atoms with E-state index < -0.39 is 16.1 Å². The van der Waals surface area contributed by atoms with Crippen molar-refractivity contribution in [2.75, 3.05) is 23.9 Å². The number of amides is 2. The lowest BCUT2D eigenvalue weighted by Gasteiger charge is -2.31. The van der Waals surface area contributed by atoms with E-state index in [0.29, 0.717) is 22.2 Å². The van der Waals surface area contributed by atoms with Crippen molar-refractivity contribution in [2.24, 2.45) is 0 Å². The predicted molar refractivity (Wildman–Crippen MR) is 150 cm³/mol. The van der Waals surface area contributed by atoms with Crippen molar-refractivity contribution in [3.05, 3.63) is 53.1 Å². The normalized spacial score (nSPS) is 16.0. The minimum absolute atomic E-state index is 0.0746. The van der Waals surface area contributed by atoms with Gasteiger partial charge in [-0.15, -0.1) is 0 Å². The van der Waals surface area contributed by atoms with Gasteiger partial charge in [0, 0.05) is 36.6 Å². The number of benzene rings is 2. The highest BCUT2D eigenvalue weighted by atomic mass is 35.5.